The molecule has 2 heteroatoms. The van der Waals surface area contributed by atoms with Crippen LogP contribution in [0.2, 0.25) is 0 Å². The highest BCUT2D eigenvalue weighted by Crippen LogP contribution is 2.36. The molecule has 0 aromatic heterocycles. The summed E-state index contributed by atoms with van der Waals surface area (Å²) >= 11 is 0. The van der Waals surface area contributed by atoms with E-state index in [0.717, 1.165) is 6.42 Å². The third-order valence-electron chi connectivity index (χ3n) is 2.61. The second kappa shape index (κ2) is 4.82. The fourth-order valence-electron chi connectivity index (χ4n) is 1.88. The van der Waals surface area contributed by atoms with Crippen LogP contribution < -0.4 is 0 Å². The monoisotopic (exact) mass is 210 g/mol. The lowest BCUT2D eigenvalue weighted by atomic mass is 9.89. The summed E-state index contributed by atoms with van der Waals surface area (Å²) in [6.07, 6.45) is 5.94. The topological polar surface area (TPSA) is 26.3 Å². The quantitative estimate of drug-likeness (QED) is 0.526. The Balaban J connectivity index is 2.26. The Labute approximate surface area is 92.7 Å². The average molecular weight is 210 g/mol. The van der Waals surface area contributed by atoms with Gasteiger partial charge in [0.1, 0.15) is 0 Å². The minimum Gasteiger partial charge on any atom is -0.465 e. The molecule has 15 heavy (non-hydrogen) atoms. The van der Waals surface area contributed by atoms with E-state index < -0.39 is 0 Å². The van der Waals surface area contributed by atoms with Crippen molar-refractivity contribution in [2.24, 2.45) is 17.3 Å². The summed E-state index contributed by atoms with van der Waals surface area (Å²) in [5.74, 6) is 0.736. The molecule has 0 aromatic rings. The highest BCUT2D eigenvalue weighted by atomic mass is 16.5. The van der Waals surface area contributed by atoms with Gasteiger partial charge in [-0.25, -0.2) is 0 Å². The van der Waals surface area contributed by atoms with Gasteiger partial charge in [-0.3, -0.25) is 4.79 Å². The molecule has 1 rings (SSSR count). The SMILES string of the molecule is CC(C)COC(=O)CC1C=CC(C)(C)C1. The van der Waals surface area contributed by atoms with Gasteiger partial charge in [0, 0.05) is 0 Å². The predicted octanol–water partition coefficient (Wildman–Crippen LogP) is 3.18. The second-order valence-corrected chi connectivity index (χ2v) is 5.59. The van der Waals surface area contributed by atoms with Crippen LogP contribution in [0.1, 0.15) is 40.5 Å². The first-order chi connectivity index (χ1) is 6.89. The molecule has 0 saturated heterocycles. The lowest BCUT2D eigenvalue weighted by Gasteiger charge is -2.17. The first kappa shape index (κ1) is 12.3. The van der Waals surface area contributed by atoms with Crippen LogP contribution in [0.25, 0.3) is 0 Å². The second-order valence-electron chi connectivity index (χ2n) is 5.59. The molecule has 1 aliphatic rings. The molecule has 0 spiro atoms. The molecule has 86 valence electrons. The Kier molecular flexibility index (Phi) is 3.95. The van der Waals surface area contributed by atoms with Gasteiger partial charge in [-0.1, -0.05) is 39.8 Å². The van der Waals surface area contributed by atoms with Crippen LogP contribution in [0.5, 0.6) is 0 Å². The van der Waals surface area contributed by atoms with Gasteiger partial charge in [-0.15, -0.1) is 0 Å². The summed E-state index contributed by atoms with van der Waals surface area (Å²) in [5.41, 5.74) is 0.253. The van der Waals surface area contributed by atoms with Gasteiger partial charge in [0.15, 0.2) is 0 Å². The predicted molar refractivity (Wildman–Crippen MR) is 61.4 cm³/mol. The summed E-state index contributed by atoms with van der Waals surface area (Å²) in [6, 6.07) is 0. The van der Waals surface area contributed by atoms with Gasteiger partial charge in [-0.05, 0) is 23.7 Å². The number of allylic oxidation sites excluding steroid dienone is 2. The first-order valence-corrected chi connectivity index (χ1v) is 5.74. The lowest BCUT2D eigenvalue weighted by Crippen LogP contribution is -2.14. The van der Waals surface area contributed by atoms with Crippen molar-refractivity contribution < 1.29 is 9.53 Å². The van der Waals surface area contributed by atoms with E-state index in [1.165, 1.54) is 0 Å². The fraction of sp³-hybridized carbons (Fsp3) is 0.769. The summed E-state index contributed by atoms with van der Waals surface area (Å²) in [4.78, 5) is 11.5. The molecular formula is C13H22O2. The summed E-state index contributed by atoms with van der Waals surface area (Å²) in [7, 11) is 0. The molecule has 0 radical (unpaired) electrons. The normalized spacial score (nSPS) is 23.4. The molecule has 0 N–H and O–H groups in total. The fourth-order valence-corrected chi connectivity index (χ4v) is 1.88. The number of carbonyl (C=O) groups is 1. The Hall–Kier alpha value is -0.790. The van der Waals surface area contributed by atoms with Gasteiger partial charge in [0.05, 0.1) is 13.0 Å². The molecule has 1 atom stereocenters. The van der Waals surface area contributed by atoms with Crippen molar-refractivity contribution in [3.8, 4) is 0 Å². The van der Waals surface area contributed by atoms with Crippen molar-refractivity contribution >= 4 is 5.97 Å². The number of hydrogen-bond acceptors (Lipinski definition) is 2. The van der Waals surface area contributed by atoms with Crippen LogP contribution in [-0.4, -0.2) is 12.6 Å². The number of esters is 1. The minimum atomic E-state index is -0.0592. The van der Waals surface area contributed by atoms with Crippen molar-refractivity contribution in [3.63, 3.8) is 0 Å². The number of ether oxygens (including phenoxy) is 1. The van der Waals surface area contributed by atoms with E-state index in [2.05, 4.69) is 26.0 Å². The van der Waals surface area contributed by atoms with Crippen molar-refractivity contribution in [1.29, 1.82) is 0 Å². The summed E-state index contributed by atoms with van der Waals surface area (Å²) in [5, 5.41) is 0. The molecular weight excluding hydrogens is 188 g/mol. The van der Waals surface area contributed by atoms with E-state index in [1.54, 1.807) is 0 Å². The zero-order valence-electron chi connectivity index (χ0n) is 10.2. The van der Waals surface area contributed by atoms with Crippen LogP contribution in [0.3, 0.4) is 0 Å². The highest BCUT2D eigenvalue weighted by Gasteiger charge is 2.27. The van der Waals surface area contributed by atoms with Gasteiger partial charge in [-0.2, -0.15) is 0 Å². The zero-order valence-corrected chi connectivity index (χ0v) is 10.2. The molecule has 0 amide bonds. The van der Waals surface area contributed by atoms with E-state index in [1.807, 2.05) is 13.8 Å². The zero-order chi connectivity index (χ0) is 11.5. The van der Waals surface area contributed by atoms with Crippen molar-refractivity contribution in [3.05, 3.63) is 12.2 Å². The van der Waals surface area contributed by atoms with E-state index >= 15 is 0 Å². The standard InChI is InChI=1S/C13H22O2/c1-10(2)9-15-12(14)7-11-5-6-13(3,4)8-11/h5-6,10-11H,7-9H2,1-4H3. The number of hydrogen-bond donors (Lipinski definition) is 0. The van der Waals surface area contributed by atoms with Crippen molar-refractivity contribution in [1.82, 2.24) is 0 Å². The van der Waals surface area contributed by atoms with Gasteiger partial charge in [0.2, 0.25) is 0 Å². The van der Waals surface area contributed by atoms with Crippen LogP contribution >= 0.6 is 0 Å². The number of carbonyl (C=O) groups excluding carboxylic acids is 1. The average Bonchev–Trinajstić information content (AvgIpc) is 2.42. The van der Waals surface area contributed by atoms with Gasteiger partial charge in [0.25, 0.3) is 0 Å². The Morgan fingerprint density at radius 1 is 1.53 bits per heavy atom. The van der Waals surface area contributed by atoms with Crippen molar-refractivity contribution in [2.45, 2.75) is 40.5 Å². The first-order valence-electron chi connectivity index (χ1n) is 5.74. The van der Waals surface area contributed by atoms with Gasteiger partial charge >= 0.3 is 5.97 Å². The summed E-state index contributed by atoms with van der Waals surface area (Å²) < 4.78 is 5.16. The largest absolute Gasteiger partial charge is 0.465 e. The molecule has 0 aromatic carbocycles. The third-order valence-corrected chi connectivity index (χ3v) is 2.61. The molecule has 1 unspecified atom stereocenters. The third kappa shape index (κ3) is 4.50. The number of rotatable bonds is 4. The lowest BCUT2D eigenvalue weighted by molar-refractivity contribution is -0.145. The van der Waals surface area contributed by atoms with E-state index in [-0.39, 0.29) is 11.4 Å². The molecule has 0 bridgehead atoms. The maximum absolute atomic E-state index is 11.5. The van der Waals surface area contributed by atoms with Crippen molar-refractivity contribution in [2.75, 3.05) is 6.61 Å². The Bertz CT molecular complexity index is 251. The van der Waals surface area contributed by atoms with E-state index in [9.17, 15) is 4.79 Å². The smallest absolute Gasteiger partial charge is 0.306 e. The highest BCUT2D eigenvalue weighted by molar-refractivity contribution is 5.70. The van der Waals surface area contributed by atoms with E-state index in [0.29, 0.717) is 24.9 Å². The van der Waals surface area contributed by atoms with Crippen LogP contribution in [0.15, 0.2) is 12.2 Å². The molecule has 2 nitrogen and oxygen atoms in total. The maximum Gasteiger partial charge on any atom is 0.306 e. The minimum absolute atomic E-state index is 0.0592. The van der Waals surface area contributed by atoms with Crippen LogP contribution in [0, 0.1) is 17.3 Å². The summed E-state index contributed by atoms with van der Waals surface area (Å²) in [6.45, 7) is 9.03. The molecule has 0 heterocycles. The molecule has 0 saturated carbocycles. The maximum atomic E-state index is 11.5. The Morgan fingerprint density at radius 2 is 2.20 bits per heavy atom. The van der Waals surface area contributed by atoms with Crippen LogP contribution in [0.4, 0.5) is 0 Å². The molecule has 0 aliphatic heterocycles. The molecule has 1 aliphatic carbocycles. The van der Waals surface area contributed by atoms with E-state index in [4.69, 9.17) is 4.74 Å². The Morgan fingerprint density at radius 3 is 2.67 bits per heavy atom. The van der Waals surface area contributed by atoms with Crippen LogP contribution in [-0.2, 0) is 9.53 Å². The van der Waals surface area contributed by atoms with Gasteiger partial charge < -0.3 is 4.74 Å². The molecule has 0 fully saturated rings.